The van der Waals surface area contributed by atoms with Gasteiger partial charge in [-0.05, 0) is 17.7 Å². The second-order valence-corrected chi connectivity index (χ2v) is 4.08. The molecule has 2 rings (SSSR count). The Morgan fingerprint density at radius 1 is 1.26 bits per heavy atom. The molecule has 1 atom stereocenters. The van der Waals surface area contributed by atoms with Gasteiger partial charge in [-0.2, -0.15) is 0 Å². The molecule has 0 fully saturated rings. The molecule has 0 saturated carbocycles. The van der Waals surface area contributed by atoms with Gasteiger partial charge in [0.25, 0.3) is 0 Å². The van der Waals surface area contributed by atoms with Gasteiger partial charge in [0.1, 0.15) is 0 Å². The molecule has 0 radical (unpaired) electrons. The summed E-state index contributed by atoms with van der Waals surface area (Å²) in [5.74, 6) is -0.718. The zero-order valence-corrected chi connectivity index (χ0v) is 10.6. The first kappa shape index (κ1) is 13.1. The van der Waals surface area contributed by atoms with Gasteiger partial charge in [0.15, 0.2) is 6.10 Å². The molecule has 2 aromatic rings. The summed E-state index contributed by atoms with van der Waals surface area (Å²) in [4.78, 5) is 22.9. The van der Waals surface area contributed by atoms with Gasteiger partial charge in [-0.3, -0.25) is 4.57 Å². The van der Waals surface area contributed by atoms with E-state index in [2.05, 4.69) is 4.74 Å². The summed E-state index contributed by atoms with van der Waals surface area (Å²) in [5.41, 5.74) is 0.910. The molecule has 0 bridgehead atoms. The Labute approximate surface area is 109 Å². The maximum absolute atomic E-state index is 11.7. The van der Waals surface area contributed by atoms with E-state index in [1.807, 2.05) is 0 Å². The van der Waals surface area contributed by atoms with Crippen molar-refractivity contribution in [1.29, 1.82) is 0 Å². The van der Waals surface area contributed by atoms with Crippen molar-refractivity contribution in [3.63, 3.8) is 0 Å². The minimum Gasteiger partial charge on any atom is -0.467 e. The van der Waals surface area contributed by atoms with E-state index in [1.54, 1.807) is 43.7 Å². The quantitative estimate of drug-likeness (QED) is 0.812. The highest BCUT2D eigenvalue weighted by atomic mass is 16.5. The van der Waals surface area contributed by atoms with E-state index in [0.29, 0.717) is 11.3 Å². The molecule has 0 aliphatic rings. The van der Waals surface area contributed by atoms with Crippen molar-refractivity contribution in [3.8, 4) is 5.69 Å². The Balaban J connectivity index is 2.31. The van der Waals surface area contributed by atoms with Crippen molar-refractivity contribution in [2.45, 2.75) is 6.10 Å². The van der Waals surface area contributed by atoms with E-state index in [0.717, 1.165) is 0 Å². The fourth-order valence-corrected chi connectivity index (χ4v) is 1.73. The van der Waals surface area contributed by atoms with Crippen LogP contribution in [0.5, 0.6) is 0 Å². The molecule has 1 N–H and O–H groups in total. The lowest BCUT2D eigenvalue weighted by Gasteiger charge is -2.09. The molecule has 1 unspecified atom stereocenters. The summed E-state index contributed by atoms with van der Waals surface area (Å²) in [6, 6.07) is 6.47. The summed E-state index contributed by atoms with van der Waals surface area (Å²) >= 11 is 0. The first-order valence-electron chi connectivity index (χ1n) is 5.65. The number of imidazole rings is 1. The van der Waals surface area contributed by atoms with Crippen molar-refractivity contribution in [1.82, 2.24) is 9.13 Å². The van der Waals surface area contributed by atoms with E-state index in [-0.39, 0.29) is 5.69 Å². The molecule has 0 aliphatic heterocycles. The average molecular weight is 262 g/mol. The number of carbonyl (C=O) groups is 1. The fraction of sp³-hybridized carbons (Fsp3) is 0.231. The van der Waals surface area contributed by atoms with Gasteiger partial charge in [-0.15, -0.1) is 0 Å². The third-order valence-corrected chi connectivity index (χ3v) is 2.86. The number of esters is 1. The molecule has 0 aliphatic carbocycles. The van der Waals surface area contributed by atoms with Crippen molar-refractivity contribution < 1.29 is 14.6 Å². The molecule has 6 heteroatoms. The molecule has 0 saturated heterocycles. The Morgan fingerprint density at radius 3 is 2.37 bits per heavy atom. The van der Waals surface area contributed by atoms with E-state index in [1.165, 1.54) is 16.2 Å². The van der Waals surface area contributed by atoms with Crippen molar-refractivity contribution >= 4 is 5.97 Å². The third-order valence-electron chi connectivity index (χ3n) is 2.86. The number of aromatic nitrogens is 2. The van der Waals surface area contributed by atoms with Gasteiger partial charge in [-0.1, -0.05) is 12.1 Å². The van der Waals surface area contributed by atoms with Crippen LogP contribution in [0.3, 0.4) is 0 Å². The van der Waals surface area contributed by atoms with Crippen LogP contribution in [0, 0.1) is 0 Å². The minimum atomic E-state index is -1.31. The van der Waals surface area contributed by atoms with Crippen molar-refractivity contribution in [2.24, 2.45) is 7.05 Å². The highest BCUT2D eigenvalue weighted by Gasteiger charge is 2.17. The highest BCUT2D eigenvalue weighted by Crippen LogP contribution is 2.16. The van der Waals surface area contributed by atoms with Crippen LogP contribution in [0.15, 0.2) is 41.5 Å². The molecular formula is C13H14N2O4. The summed E-state index contributed by atoms with van der Waals surface area (Å²) < 4.78 is 7.38. The van der Waals surface area contributed by atoms with Crippen LogP contribution < -0.4 is 5.69 Å². The number of carbonyl (C=O) groups excluding carboxylic acids is 1. The molecule has 0 amide bonds. The Kier molecular flexibility index (Phi) is 3.52. The van der Waals surface area contributed by atoms with Gasteiger partial charge in [0, 0.05) is 19.4 Å². The van der Waals surface area contributed by atoms with Crippen LogP contribution in [0.2, 0.25) is 0 Å². The van der Waals surface area contributed by atoms with E-state index < -0.39 is 12.1 Å². The number of rotatable bonds is 3. The zero-order valence-electron chi connectivity index (χ0n) is 10.6. The number of hydrogen-bond acceptors (Lipinski definition) is 4. The van der Waals surface area contributed by atoms with Gasteiger partial charge in [0.2, 0.25) is 0 Å². The summed E-state index contributed by atoms with van der Waals surface area (Å²) in [7, 11) is 2.87. The number of methoxy groups -OCH3 is 1. The van der Waals surface area contributed by atoms with Crippen LogP contribution in [0.1, 0.15) is 11.7 Å². The second-order valence-electron chi connectivity index (χ2n) is 4.08. The number of benzene rings is 1. The Hall–Kier alpha value is -2.34. The lowest BCUT2D eigenvalue weighted by atomic mass is 10.1. The SMILES string of the molecule is COC(=O)C(O)c1ccc(-n2ccn(C)c2=O)cc1. The standard InChI is InChI=1S/C13H14N2O4/c1-14-7-8-15(13(14)18)10-5-3-9(4-6-10)11(16)12(17)19-2/h3-8,11,16H,1-2H3. The van der Waals surface area contributed by atoms with Crippen molar-refractivity contribution in [3.05, 3.63) is 52.7 Å². The molecule has 1 aromatic heterocycles. The topological polar surface area (TPSA) is 73.5 Å². The monoisotopic (exact) mass is 262 g/mol. The van der Waals surface area contributed by atoms with E-state index >= 15 is 0 Å². The van der Waals surface area contributed by atoms with Gasteiger partial charge in [-0.25, -0.2) is 9.59 Å². The molecule has 0 spiro atoms. The molecule has 1 heterocycles. The van der Waals surface area contributed by atoms with Crippen LogP contribution in [0.25, 0.3) is 5.69 Å². The largest absolute Gasteiger partial charge is 0.467 e. The summed E-state index contributed by atoms with van der Waals surface area (Å²) in [6.07, 6.45) is 1.99. The van der Waals surface area contributed by atoms with Crippen molar-refractivity contribution in [2.75, 3.05) is 7.11 Å². The lowest BCUT2D eigenvalue weighted by molar-refractivity contribution is -0.150. The Bertz CT molecular complexity index is 639. The number of aryl methyl sites for hydroxylation is 1. The minimum absolute atomic E-state index is 0.165. The zero-order chi connectivity index (χ0) is 14.0. The first-order valence-corrected chi connectivity index (χ1v) is 5.65. The van der Waals surface area contributed by atoms with Gasteiger partial charge in [0.05, 0.1) is 12.8 Å². The average Bonchev–Trinajstić information content (AvgIpc) is 2.77. The van der Waals surface area contributed by atoms with Gasteiger partial charge >= 0.3 is 11.7 Å². The van der Waals surface area contributed by atoms with E-state index in [9.17, 15) is 14.7 Å². The van der Waals surface area contributed by atoms with E-state index in [4.69, 9.17) is 0 Å². The van der Waals surface area contributed by atoms with Crippen LogP contribution in [0.4, 0.5) is 0 Å². The number of aliphatic hydroxyl groups excluding tert-OH is 1. The predicted octanol–water partition coefficient (Wildman–Crippen LogP) is 0.382. The van der Waals surface area contributed by atoms with Gasteiger partial charge < -0.3 is 14.4 Å². The summed E-state index contributed by atoms with van der Waals surface area (Å²) in [5, 5.41) is 9.66. The maximum Gasteiger partial charge on any atom is 0.339 e. The smallest absolute Gasteiger partial charge is 0.339 e. The third kappa shape index (κ3) is 2.43. The molecule has 100 valence electrons. The molecule has 1 aromatic carbocycles. The normalized spacial score (nSPS) is 12.2. The lowest BCUT2D eigenvalue weighted by Crippen LogP contribution is -2.20. The second kappa shape index (κ2) is 5.11. The summed E-state index contributed by atoms with van der Waals surface area (Å²) in [6.45, 7) is 0. The van der Waals surface area contributed by atoms with Crippen LogP contribution >= 0.6 is 0 Å². The maximum atomic E-state index is 11.7. The molecule has 6 nitrogen and oxygen atoms in total. The highest BCUT2D eigenvalue weighted by molar-refractivity contribution is 5.76. The molecule has 19 heavy (non-hydrogen) atoms. The number of hydrogen-bond donors (Lipinski definition) is 1. The molecular weight excluding hydrogens is 248 g/mol. The predicted molar refractivity (Wildman–Crippen MR) is 68.0 cm³/mol. The number of ether oxygens (including phenoxy) is 1. The fourth-order valence-electron chi connectivity index (χ4n) is 1.73. The first-order chi connectivity index (χ1) is 9.04. The Morgan fingerprint density at radius 2 is 1.89 bits per heavy atom. The van der Waals surface area contributed by atoms with Crippen LogP contribution in [-0.4, -0.2) is 27.3 Å². The number of aliphatic hydroxyl groups is 1. The number of nitrogens with zero attached hydrogens (tertiary/aromatic N) is 2. The van der Waals surface area contributed by atoms with Crippen LogP contribution in [-0.2, 0) is 16.6 Å².